The van der Waals surface area contributed by atoms with Gasteiger partial charge in [0.25, 0.3) is 0 Å². The van der Waals surface area contributed by atoms with E-state index in [0.717, 1.165) is 25.2 Å². The van der Waals surface area contributed by atoms with Crippen molar-refractivity contribution in [3.8, 4) is 17.2 Å². The molecule has 1 heterocycles. The second-order valence-electron chi connectivity index (χ2n) is 6.05. The number of piperidine rings is 1. The number of methoxy groups -OCH3 is 3. The summed E-state index contributed by atoms with van der Waals surface area (Å²) < 4.78 is 16.0. The molecule has 2 rings (SSSR count). The summed E-state index contributed by atoms with van der Waals surface area (Å²) in [6.07, 6.45) is 3.44. The molecule has 1 amide bonds. The van der Waals surface area contributed by atoms with Crippen LogP contribution in [0.25, 0.3) is 0 Å². The van der Waals surface area contributed by atoms with Gasteiger partial charge in [-0.2, -0.15) is 0 Å². The fourth-order valence-corrected chi connectivity index (χ4v) is 2.98. The summed E-state index contributed by atoms with van der Waals surface area (Å²) in [5.74, 6) is 2.41. The molecule has 0 radical (unpaired) electrons. The number of benzene rings is 1. The lowest BCUT2D eigenvalue weighted by atomic mass is 9.99. The van der Waals surface area contributed by atoms with Gasteiger partial charge in [0.05, 0.1) is 21.3 Å². The highest BCUT2D eigenvalue weighted by Crippen LogP contribution is 2.38. The second kappa shape index (κ2) is 9.37. The van der Waals surface area contributed by atoms with Gasteiger partial charge < -0.3 is 24.8 Å². The van der Waals surface area contributed by atoms with Crippen molar-refractivity contribution in [2.24, 2.45) is 5.92 Å². The van der Waals surface area contributed by atoms with Crippen LogP contribution < -0.4 is 24.8 Å². The Labute approximate surface area is 143 Å². The molecule has 1 aliphatic heterocycles. The van der Waals surface area contributed by atoms with Crippen molar-refractivity contribution >= 4 is 5.91 Å². The number of aryl methyl sites for hydroxylation is 1. The topological polar surface area (TPSA) is 68.8 Å². The van der Waals surface area contributed by atoms with E-state index in [1.54, 1.807) is 21.3 Å². The number of hydrogen-bond donors (Lipinski definition) is 2. The van der Waals surface area contributed by atoms with Crippen LogP contribution in [0.4, 0.5) is 0 Å². The summed E-state index contributed by atoms with van der Waals surface area (Å²) in [6, 6.07) is 3.78. The van der Waals surface area contributed by atoms with Gasteiger partial charge in [-0.1, -0.05) is 0 Å². The zero-order valence-corrected chi connectivity index (χ0v) is 14.8. The Balaban J connectivity index is 1.87. The van der Waals surface area contributed by atoms with E-state index in [1.165, 1.54) is 12.8 Å². The van der Waals surface area contributed by atoms with E-state index in [4.69, 9.17) is 14.2 Å². The average Bonchev–Trinajstić information content (AvgIpc) is 2.64. The van der Waals surface area contributed by atoms with Gasteiger partial charge >= 0.3 is 0 Å². The minimum absolute atomic E-state index is 0.0781. The van der Waals surface area contributed by atoms with Crippen molar-refractivity contribution in [3.63, 3.8) is 0 Å². The normalized spacial score (nSPS) is 17.2. The maximum absolute atomic E-state index is 12.1. The number of amides is 1. The highest BCUT2D eigenvalue weighted by atomic mass is 16.5. The van der Waals surface area contributed by atoms with Crippen molar-refractivity contribution in [1.29, 1.82) is 0 Å². The predicted octanol–water partition coefficient (Wildman–Crippen LogP) is 1.76. The smallest absolute Gasteiger partial charge is 0.220 e. The monoisotopic (exact) mass is 336 g/mol. The first-order valence-corrected chi connectivity index (χ1v) is 8.44. The molecule has 1 saturated heterocycles. The molecule has 0 aromatic heterocycles. The van der Waals surface area contributed by atoms with Crippen LogP contribution in [0, 0.1) is 5.92 Å². The van der Waals surface area contributed by atoms with Gasteiger partial charge in [-0.05, 0) is 56.0 Å². The number of carbonyl (C=O) groups excluding carboxylic acids is 1. The summed E-state index contributed by atoms with van der Waals surface area (Å²) >= 11 is 0. The van der Waals surface area contributed by atoms with Crippen LogP contribution in [-0.2, 0) is 11.2 Å². The van der Waals surface area contributed by atoms with Crippen LogP contribution in [0.2, 0.25) is 0 Å². The molecule has 1 atom stereocenters. The molecule has 6 heteroatoms. The molecule has 134 valence electrons. The van der Waals surface area contributed by atoms with Crippen LogP contribution >= 0.6 is 0 Å². The van der Waals surface area contributed by atoms with Crippen LogP contribution in [0.1, 0.15) is 24.8 Å². The van der Waals surface area contributed by atoms with E-state index in [2.05, 4.69) is 10.6 Å². The Morgan fingerprint density at radius 1 is 1.21 bits per heavy atom. The van der Waals surface area contributed by atoms with Crippen molar-refractivity contribution in [3.05, 3.63) is 17.7 Å². The minimum atomic E-state index is 0.0781. The molecule has 1 unspecified atom stereocenters. The van der Waals surface area contributed by atoms with Crippen LogP contribution in [0.15, 0.2) is 12.1 Å². The quantitative estimate of drug-likeness (QED) is 0.757. The van der Waals surface area contributed by atoms with E-state index >= 15 is 0 Å². The number of carbonyl (C=O) groups is 1. The number of hydrogen-bond acceptors (Lipinski definition) is 5. The molecular weight excluding hydrogens is 308 g/mol. The van der Waals surface area contributed by atoms with E-state index < -0.39 is 0 Å². The molecule has 0 spiro atoms. The molecule has 2 N–H and O–H groups in total. The van der Waals surface area contributed by atoms with Crippen LogP contribution in [-0.4, -0.2) is 46.9 Å². The summed E-state index contributed by atoms with van der Waals surface area (Å²) in [5.41, 5.74) is 0.985. The fraction of sp³-hybridized carbons (Fsp3) is 0.611. The Bertz CT molecular complexity index is 517. The molecule has 1 fully saturated rings. The van der Waals surface area contributed by atoms with E-state index in [9.17, 15) is 4.79 Å². The highest BCUT2D eigenvalue weighted by molar-refractivity contribution is 5.76. The molecule has 6 nitrogen and oxygen atoms in total. The summed E-state index contributed by atoms with van der Waals surface area (Å²) in [7, 11) is 4.76. The Kier molecular flexibility index (Phi) is 7.18. The average molecular weight is 336 g/mol. The van der Waals surface area contributed by atoms with Gasteiger partial charge in [-0.3, -0.25) is 4.79 Å². The molecule has 0 saturated carbocycles. The lowest BCUT2D eigenvalue weighted by Crippen LogP contribution is -2.38. The Morgan fingerprint density at radius 2 is 1.92 bits per heavy atom. The third kappa shape index (κ3) is 5.03. The lowest BCUT2D eigenvalue weighted by Gasteiger charge is -2.22. The zero-order chi connectivity index (χ0) is 17.4. The zero-order valence-electron chi connectivity index (χ0n) is 14.8. The molecule has 24 heavy (non-hydrogen) atoms. The molecule has 1 aromatic rings. The van der Waals surface area contributed by atoms with Gasteiger partial charge in [-0.25, -0.2) is 0 Å². The van der Waals surface area contributed by atoms with Crippen LogP contribution in [0.3, 0.4) is 0 Å². The summed E-state index contributed by atoms with van der Waals surface area (Å²) in [5, 5.41) is 6.40. The highest BCUT2D eigenvalue weighted by Gasteiger charge is 2.15. The van der Waals surface area contributed by atoms with E-state index in [0.29, 0.717) is 36.0 Å². The first kappa shape index (κ1) is 18.4. The third-order valence-electron chi connectivity index (χ3n) is 4.35. The maximum atomic E-state index is 12.1. The van der Waals surface area contributed by atoms with Crippen molar-refractivity contribution in [1.82, 2.24) is 10.6 Å². The first-order valence-electron chi connectivity index (χ1n) is 8.44. The van der Waals surface area contributed by atoms with Crippen molar-refractivity contribution < 1.29 is 19.0 Å². The van der Waals surface area contributed by atoms with Crippen molar-refractivity contribution in [2.75, 3.05) is 41.0 Å². The lowest BCUT2D eigenvalue weighted by molar-refractivity contribution is -0.121. The maximum Gasteiger partial charge on any atom is 0.220 e. The van der Waals surface area contributed by atoms with E-state index in [-0.39, 0.29) is 5.91 Å². The number of nitrogens with one attached hydrogen (secondary N) is 2. The predicted molar refractivity (Wildman–Crippen MR) is 93.0 cm³/mol. The van der Waals surface area contributed by atoms with Crippen molar-refractivity contribution in [2.45, 2.75) is 25.7 Å². The summed E-state index contributed by atoms with van der Waals surface area (Å²) in [6.45, 7) is 2.83. The molecule has 1 aromatic carbocycles. The standard InChI is InChI=1S/C18H28N2O4/c1-22-15-9-13(10-16(23-2)18(15)24-3)6-7-17(21)20-12-14-5-4-8-19-11-14/h9-10,14,19H,4-8,11-12H2,1-3H3,(H,20,21). The molecule has 0 bridgehead atoms. The molecule has 1 aliphatic rings. The Hall–Kier alpha value is -1.95. The summed E-state index contributed by atoms with van der Waals surface area (Å²) in [4.78, 5) is 12.1. The first-order chi connectivity index (χ1) is 11.7. The van der Waals surface area contributed by atoms with Gasteiger partial charge in [0.15, 0.2) is 11.5 Å². The third-order valence-corrected chi connectivity index (χ3v) is 4.35. The second-order valence-corrected chi connectivity index (χ2v) is 6.05. The molecule has 0 aliphatic carbocycles. The van der Waals surface area contributed by atoms with Crippen LogP contribution in [0.5, 0.6) is 17.2 Å². The number of rotatable bonds is 8. The largest absolute Gasteiger partial charge is 0.493 e. The van der Waals surface area contributed by atoms with Gasteiger partial charge in [0, 0.05) is 13.0 Å². The molecular formula is C18H28N2O4. The van der Waals surface area contributed by atoms with E-state index in [1.807, 2.05) is 12.1 Å². The Morgan fingerprint density at radius 3 is 2.46 bits per heavy atom. The SMILES string of the molecule is COc1cc(CCC(=O)NCC2CCCNC2)cc(OC)c1OC. The van der Waals surface area contributed by atoms with Gasteiger partial charge in [0.1, 0.15) is 0 Å². The fourth-order valence-electron chi connectivity index (χ4n) is 2.98. The number of ether oxygens (including phenoxy) is 3. The van der Waals surface area contributed by atoms with Gasteiger partial charge in [0.2, 0.25) is 11.7 Å². The van der Waals surface area contributed by atoms with Gasteiger partial charge in [-0.15, -0.1) is 0 Å². The minimum Gasteiger partial charge on any atom is -0.493 e.